The highest BCUT2D eigenvalue weighted by atomic mass is 16.6. The second-order valence-corrected chi connectivity index (χ2v) is 4.10. The van der Waals surface area contributed by atoms with Crippen molar-refractivity contribution in [2.45, 2.75) is 32.9 Å². The van der Waals surface area contributed by atoms with E-state index >= 15 is 0 Å². The third-order valence-electron chi connectivity index (χ3n) is 2.35. The van der Waals surface area contributed by atoms with E-state index in [9.17, 15) is 9.59 Å². The van der Waals surface area contributed by atoms with Gasteiger partial charge in [0.15, 0.2) is 0 Å². The summed E-state index contributed by atoms with van der Waals surface area (Å²) in [5.74, 6) is -0.460. The molecule has 0 spiro atoms. The second kappa shape index (κ2) is 8.13. The van der Waals surface area contributed by atoms with E-state index in [1.165, 1.54) is 0 Å². The lowest BCUT2D eigenvalue weighted by atomic mass is 10.2. The summed E-state index contributed by atoms with van der Waals surface area (Å²) >= 11 is 0. The predicted octanol–water partition coefficient (Wildman–Crippen LogP) is 2.25. The lowest BCUT2D eigenvalue weighted by Crippen LogP contribution is -2.39. The summed E-state index contributed by atoms with van der Waals surface area (Å²) in [6.07, 6.45) is 0.112. The number of benzene rings is 1. The van der Waals surface area contributed by atoms with Crippen LogP contribution in [-0.2, 0) is 20.9 Å². The zero-order chi connectivity index (χ0) is 14.1. The van der Waals surface area contributed by atoms with Crippen molar-refractivity contribution in [3.05, 3.63) is 35.9 Å². The Morgan fingerprint density at radius 2 is 1.89 bits per heavy atom. The third-order valence-corrected chi connectivity index (χ3v) is 2.35. The van der Waals surface area contributed by atoms with Gasteiger partial charge in [0.1, 0.15) is 12.6 Å². The van der Waals surface area contributed by atoms with Crippen LogP contribution >= 0.6 is 0 Å². The SMILES string of the molecule is CCCOC(=O)[C@H](C)NC(=O)OCc1ccccc1. The molecular formula is C14H19NO4. The predicted molar refractivity (Wildman–Crippen MR) is 70.5 cm³/mol. The lowest BCUT2D eigenvalue weighted by molar-refractivity contribution is -0.145. The van der Waals surface area contributed by atoms with Gasteiger partial charge in [-0.2, -0.15) is 0 Å². The van der Waals surface area contributed by atoms with Crippen molar-refractivity contribution in [2.75, 3.05) is 6.61 Å². The standard InChI is InChI=1S/C14H19NO4/c1-3-9-18-13(16)11(2)15-14(17)19-10-12-7-5-4-6-8-12/h4-8,11H,3,9-10H2,1-2H3,(H,15,17)/t11-/m0/s1. The van der Waals surface area contributed by atoms with E-state index in [1.807, 2.05) is 37.3 Å². The van der Waals surface area contributed by atoms with Gasteiger partial charge in [-0.1, -0.05) is 37.3 Å². The first-order chi connectivity index (χ1) is 9.13. The molecule has 0 bridgehead atoms. The molecule has 0 heterocycles. The number of hydrogen-bond donors (Lipinski definition) is 1. The van der Waals surface area contributed by atoms with Crippen molar-refractivity contribution < 1.29 is 19.1 Å². The Hall–Kier alpha value is -2.04. The fourth-order valence-corrected chi connectivity index (χ4v) is 1.33. The number of carbonyl (C=O) groups excluding carboxylic acids is 2. The van der Waals surface area contributed by atoms with E-state index in [1.54, 1.807) is 6.92 Å². The van der Waals surface area contributed by atoms with Crippen LogP contribution in [0, 0.1) is 0 Å². The third kappa shape index (κ3) is 5.90. The zero-order valence-corrected chi connectivity index (χ0v) is 11.2. The summed E-state index contributed by atoms with van der Waals surface area (Å²) in [7, 11) is 0. The van der Waals surface area contributed by atoms with Crippen LogP contribution in [0.1, 0.15) is 25.8 Å². The van der Waals surface area contributed by atoms with Crippen LogP contribution in [0.15, 0.2) is 30.3 Å². The van der Waals surface area contributed by atoms with Gasteiger partial charge in [0.2, 0.25) is 0 Å². The number of nitrogens with one attached hydrogen (secondary N) is 1. The summed E-state index contributed by atoms with van der Waals surface area (Å²) in [5, 5.41) is 2.42. The van der Waals surface area contributed by atoms with Crippen molar-refractivity contribution in [2.24, 2.45) is 0 Å². The normalized spacial score (nSPS) is 11.5. The Morgan fingerprint density at radius 1 is 1.21 bits per heavy atom. The largest absolute Gasteiger partial charge is 0.464 e. The van der Waals surface area contributed by atoms with Gasteiger partial charge in [0, 0.05) is 0 Å². The minimum Gasteiger partial charge on any atom is -0.464 e. The van der Waals surface area contributed by atoms with Gasteiger partial charge < -0.3 is 14.8 Å². The van der Waals surface area contributed by atoms with Crippen LogP contribution in [0.5, 0.6) is 0 Å². The summed E-state index contributed by atoms with van der Waals surface area (Å²) in [6.45, 7) is 3.98. The smallest absolute Gasteiger partial charge is 0.408 e. The Balaban J connectivity index is 2.29. The number of ether oxygens (including phenoxy) is 2. The molecule has 1 aromatic rings. The highest BCUT2D eigenvalue weighted by Crippen LogP contribution is 2.01. The Bertz CT molecular complexity index is 405. The molecular weight excluding hydrogens is 246 g/mol. The molecule has 0 aliphatic carbocycles. The Morgan fingerprint density at radius 3 is 2.53 bits per heavy atom. The molecule has 0 fully saturated rings. The quantitative estimate of drug-likeness (QED) is 0.801. The molecule has 1 amide bonds. The van der Waals surface area contributed by atoms with Crippen molar-refractivity contribution in [3.63, 3.8) is 0 Å². The molecule has 0 unspecified atom stereocenters. The molecule has 1 rings (SSSR count). The fourth-order valence-electron chi connectivity index (χ4n) is 1.33. The van der Waals surface area contributed by atoms with E-state index in [2.05, 4.69) is 5.32 Å². The van der Waals surface area contributed by atoms with Gasteiger partial charge in [-0.3, -0.25) is 0 Å². The molecule has 0 radical (unpaired) electrons. The highest BCUT2D eigenvalue weighted by Gasteiger charge is 2.17. The number of carbonyl (C=O) groups is 2. The molecule has 0 saturated heterocycles. The molecule has 5 heteroatoms. The summed E-state index contributed by atoms with van der Waals surface area (Å²) in [5.41, 5.74) is 0.888. The summed E-state index contributed by atoms with van der Waals surface area (Å²) in [6, 6.07) is 8.60. The highest BCUT2D eigenvalue weighted by molar-refractivity contribution is 5.80. The first kappa shape index (κ1) is 15.0. The zero-order valence-electron chi connectivity index (χ0n) is 11.2. The Labute approximate surface area is 112 Å². The Kier molecular flexibility index (Phi) is 6.43. The van der Waals surface area contributed by atoms with Crippen LogP contribution < -0.4 is 5.32 Å². The van der Waals surface area contributed by atoms with Crippen molar-refractivity contribution in [3.8, 4) is 0 Å². The van der Waals surface area contributed by atoms with Crippen LogP contribution in [0.4, 0.5) is 4.79 Å². The maximum Gasteiger partial charge on any atom is 0.408 e. The second-order valence-electron chi connectivity index (χ2n) is 4.10. The average Bonchev–Trinajstić information content (AvgIpc) is 2.43. The van der Waals surface area contributed by atoms with E-state index in [0.717, 1.165) is 12.0 Å². The topological polar surface area (TPSA) is 64.6 Å². The minimum absolute atomic E-state index is 0.170. The number of rotatable bonds is 6. The van der Waals surface area contributed by atoms with E-state index in [4.69, 9.17) is 9.47 Å². The number of esters is 1. The average molecular weight is 265 g/mol. The van der Waals surface area contributed by atoms with Crippen LogP contribution in [0.25, 0.3) is 0 Å². The molecule has 104 valence electrons. The van der Waals surface area contributed by atoms with Crippen LogP contribution in [0.2, 0.25) is 0 Å². The number of alkyl carbamates (subject to hydrolysis) is 1. The maximum absolute atomic E-state index is 11.5. The van der Waals surface area contributed by atoms with Gasteiger partial charge in [0.05, 0.1) is 6.61 Å². The maximum atomic E-state index is 11.5. The molecule has 5 nitrogen and oxygen atoms in total. The molecule has 19 heavy (non-hydrogen) atoms. The molecule has 0 saturated carbocycles. The monoisotopic (exact) mass is 265 g/mol. The van der Waals surface area contributed by atoms with Crippen LogP contribution in [0.3, 0.4) is 0 Å². The first-order valence-corrected chi connectivity index (χ1v) is 6.27. The molecule has 1 aromatic carbocycles. The van der Waals surface area contributed by atoms with Gasteiger partial charge >= 0.3 is 12.1 Å². The van der Waals surface area contributed by atoms with Gasteiger partial charge in [-0.05, 0) is 18.9 Å². The van der Waals surface area contributed by atoms with Gasteiger partial charge in [-0.15, -0.1) is 0 Å². The number of hydrogen-bond acceptors (Lipinski definition) is 4. The summed E-state index contributed by atoms with van der Waals surface area (Å²) < 4.78 is 9.90. The van der Waals surface area contributed by atoms with Crippen molar-refractivity contribution >= 4 is 12.1 Å². The molecule has 0 aliphatic heterocycles. The van der Waals surface area contributed by atoms with Crippen molar-refractivity contribution in [1.29, 1.82) is 0 Å². The lowest BCUT2D eigenvalue weighted by Gasteiger charge is -2.13. The van der Waals surface area contributed by atoms with E-state index < -0.39 is 18.1 Å². The van der Waals surface area contributed by atoms with E-state index in [0.29, 0.717) is 6.61 Å². The van der Waals surface area contributed by atoms with Crippen LogP contribution in [-0.4, -0.2) is 24.7 Å². The van der Waals surface area contributed by atoms with Crippen molar-refractivity contribution in [1.82, 2.24) is 5.32 Å². The molecule has 1 atom stereocenters. The minimum atomic E-state index is -0.713. The van der Waals surface area contributed by atoms with E-state index in [-0.39, 0.29) is 6.61 Å². The fraction of sp³-hybridized carbons (Fsp3) is 0.429. The first-order valence-electron chi connectivity index (χ1n) is 6.27. The molecule has 0 aromatic heterocycles. The number of amides is 1. The summed E-state index contributed by atoms with van der Waals surface area (Å²) in [4.78, 5) is 22.9. The van der Waals surface area contributed by atoms with Gasteiger partial charge in [0.25, 0.3) is 0 Å². The van der Waals surface area contributed by atoms with Gasteiger partial charge in [-0.25, -0.2) is 9.59 Å². The molecule has 0 aliphatic rings. The molecule has 1 N–H and O–H groups in total.